The fraction of sp³-hybridized carbons (Fsp3) is 0.185. The molecular weight excluding hydrogens is 457 g/mol. The molecule has 0 bridgehead atoms. The molecule has 0 aromatic heterocycles. The molecule has 0 unspecified atom stereocenters. The van der Waals surface area contributed by atoms with Gasteiger partial charge in [-0.25, -0.2) is 17.6 Å². The number of halogens is 7. The maximum absolute atomic E-state index is 15.0. The van der Waals surface area contributed by atoms with Crippen molar-refractivity contribution in [2.45, 2.75) is 32.4 Å². The maximum atomic E-state index is 15.0. The quantitative estimate of drug-likeness (QED) is 0.252. The van der Waals surface area contributed by atoms with Crippen molar-refractivity contribution < 1.29 is 30.7 Å². The number of fused-ring (bicyclic) bond motifs is 1. The molecule has 0 saturated carbocycles. The van der Waals surface area contributed by atoms with Gasteiger partial charge in [0.25, 0.3) is 0 Å². The smallest absolute Gasteiger partial charge is 0.206 e. The zero-order chi connectivity index (χ0) is 24.6. The fourth-order valence-electron chi connectivity index (χ4n) is 4.18. The molecule has 0 saturated heterocycles. The Morgan fingerprint density at radius 3 is 1.74 bits per heavy atom. The molecule has 0 atom stereocenters. The molecule has 7 heteroatoms. The molecule has 0 N–H and O–H groups in total. The van der Waals surface area contributed by atoms with Crippen molar-refractivity contribution in [1.82, 2.24) is 0 Å². The van der Waals surface area contributed by atoms with Crippen molar-refractivity contribution in [3.05, 3.63) is 95.1 Å². The Balaban J connectivity index is 1.89. The summed E-state index contributed by atoms with van der Waals surface area (Å²) in [6.45, 7) is 1.98. The third-order valence-electron chi connectivity index (χ3n) is 5.75. The highest BCUT2D eigenvalue weighted by atomic mass is 19.4. The highest BCUT2D eigenvalue weighted by molar-refractivity contribution is 6.05. The SMILES string of the molecule is CCCCc1cc(F)c(-c2ccc(-c3cc(F)c(C(F)(F)F)c(F)c3)c3ccccc23)c(F)c1. The van der Waals surface area contributed by atoms with E-state index in [1.54, 1.807) is 24.3 Å². The van der Waals surface area contributed by atoms with Crippen molar-refractivity contribution in [1.29, 1.82) is 0 Å². The standard InChI is InChI=1S/C27H19F7/c1-2-3-6-15-11-21(28)25(22(29)12-15)20-10-9-17(18-7-4-5-8-19(18)20)16-13-23(30)26(24(31)14-16)27(32,33)34/h4-5,7-14H,2-3,6H2,1H3. The Kier molecular flexibility index (Phi) is 6.39. The first-order valence-electron chi connectivity index (χ1n) is 10.7. The number of hydrogen-bond acceptors (Lipinski definition) is 0. The first-order chi connectivity index (χ1) is 16.1. The molecule has 0 amide bonds. The molecule has 0 spiro atoms. The summed E-state index contributed by atoms with van der Waals surface area (Å²) < 4.78 is 97.3. The largest absolute Gasteiger partial charge is 0.422 e. The van der Waals surface area contributed by atoms with E-state index in [-0.39, 0.29) is 22.3 Å². The predicted octanol–water partition coefficient (Wildman–Crippen LogP) is 9.09. The van der Waals surface area contributed by atoms with Crippen LogP contribution in [0.5, 0.6) is 0 Å². The number of benzene rings is 4. The van der Waals surface area contributed by atoms with E-state index in [0.717, 1.165) is 12.8 Å². The highest BCUT2D eigenvalue weighted by Crippen LogP contribution is 2.40. The molecular formula is C27H19F7. The van der Waals surface area contributed by atoms with Crippen molar-refractivity contribution in [3.8, 4) is 22.3 Å². The summed E-state index contributed by atoms with van der Waals surface area (Å²) >= 11 is 0. The Hall–Kier alpha value is -3.35. The summed E-state index contributed by atoms with van der Waals surface area (Å²) in [4.78, 5) is 0. The van der Waals surface area contributed by atoms with E-state index in [9.17, 15) is 30.7 Å². The van der Waals surface area contributed by atoms with Crippen LogP contribution in [0.25, 0.3) is 33.0 Å². The molecule has 0 heterocycles. The number of unbranched alkanes of at least 4 members (excludes halogenated alkanes) is 1. The summed E-state index contributed by atoms with van der Waals surface area (Å²) in [6, 6.07) is 13.0. The summed E-state index contributed by atoms with van der Waals surface area (Å²) in [5.74, 6) is -4.96. The Bertz CT molecular complexity index is 1320. The van der Waals surface area contributed by atoms with Gasteiger partial charge < -0.3 is 0 Å². The van der Waals surface area contributed by atoms with E-state index in [1.807, 2.05) is 6.92 Å². The van der Waals surface area contributed by atoms with Crippen LogP contribution < -0.4 is 0 Å². The van der Waals surface area contributed by atoms with Crippen LogP contribution in [0, 0.1) is 23.3 Å². The molecule has 0 fully saturated rings. The molecule has 4 aromatic rings. The minimum Gasteiger partial charge on any atom is -0.206 e. The number of alkyl halides is 3. The third kappa shape index (κ3) is 4.39. The zero-order valence-electron chi connectivity index (χ0n) is 18.0. The second-order valence-corrected chi connectivity index (χ2v) is 8.06. The lowest BCUT2D eigenvalue weighted by atomic mass is 9.90. The van der Waals surface area contributed by atoms with E-state index < -0.39 is 35.0 Å². The van der Waals surface area contributed by atoms with Gasteiger partial charge in [-0.05, 0) is 70.1 Å². The molecule has 0 aliphatic heterocycles. The lowest BCUT2D eigenvalue weighted by Gasteiger charge is -2.15. The third-order valence-corrected chi connectivity index (χ3v) is 5.75. The van der Waals surface area contributed by atoms with Gasteiger partial charge in [0.2, 0.25) is 0 Å². The van der Waals surface area contributed by atoms with Gasteiger partial charge in [-0.1, -0.05) is 49.7 Å². The predicted molar refractivity (Wildman–Crippen MR) is 118 cm³/mol. The average Bonchev–Trinajstić information content (AvgIpc) is 2.75. The summed E-state index contributed by atoms with van der Waals surface area (Å²) in [5, 5.41) is 0.771. The van der Waals surface area contributed by atoms with Gasteiger partial charge >= 0.3 is 6.18 Å². The normalized spacial score (nSPS) is 11.9. The van der Waals surface area contributed by atoms with E-state index in [0.29, 0.717) is 34.9 Å². The first-order valence-corrected chi connectivity index (χ1v) is 10.7. The summed E-state index contributed by atoms with van der Waals surface area (Å²) in [5.41, 5.74) is -1.34. The van der Waals surface area contributed by atoms with E-state index in [2.05, 4.69) is 0 Å². The molecule has 4 rings (SSSR count). The Morgan fingerprint density at radius 1 is 0.676 bits per heavy atom. The van der Waals surface area contributed by atoms with Crippen molar-refractivity contribution in [3.63, 3.8) is 0 Å². The van der Waals surface area contributed by atoms with Gasteiger partial charge in [-0.15, -0.1) is 0 Å². The second-order valence-electron chi connectivity index (χ2n) is 8.06. The van der Waals surface area contributed by atoms with Gasteiger partial charge in [0.15, 0.2) is 0 Å². The minimum absolute atomic E-state index is 0.124. The van der Waals surface area contributed by atoms with Crippen LogP contribution in [0.3, 0.4) is 0 Å². The van der Waals surface area contributed by atoms with Gasteiger partial charge in [0.1, 0.15) is 28.8 Å². The number of hydrogen-bond donors (Lipinski definition) is 0. The van der Waals surface area contributed by atoms with Gasteiger partial charge in [0.05, 0.1) is 5.56 Å². The molecule has 34 heavy (non-hydrogen) atoms. The van der Waals surface area contributed by atoms with Crippen LogP contribution >= 0.6 is 0 Å². The molecule has 4 aromatic carbocycles. The fourth-order valence-corrected chi connectivity index (χ4v) is 4.18. The lowest BCUT2D eigenvalue weighted by molar-refractivity contribution is -0.142. The molecule has 176 valence electrons. The van der Waals surface area contributed by atoms with Crippen molar-refractivity contribution in [2.24, 2.45) is 0 Å². The van der Waals surface area contributed by atoms with Gasteiger partial charge in [-0.3, -0.25) is 0 Å². The average molecular weight is 476 g/mol. The van der Waals surface area contributed by atoms with E-state index in [1.165, 1.54) is 24.3 Å². The van der Waals surface area contributed by atoms with E-state index >= 15 is 0 Å². The van der Waals surface area contributed by atoms with E-state index in [4.69, 9.17) is 0 Å². The van der Waals surface area contributed by atoms with Gasteiger partial charge in [-0.2, -0.15) is 13.2 Å². The second kappa shape index (κ2) is 9.12. The van der Waals surface area contributed by atoms with Gasteiger partial charge in [0, 0.05) is 0 Å². The summed E-state index contributed by atoms with van der Waals surface area (Å²) in [6.07, 6.45) is -2.98. The highest BCUT2D eigenvalue weighted by Gasteiger charge is 2.38. The number of aryl methyl sites for hydroxylation is 1. The Labute approximate surface area is 191 Å². The molecule has 0 aliphatic carbocycles. The zero-order valence-corrected chi connectivity index (χ0v) is 18.0. The molecule has 0 nitrogen and oxygen atoms in total. The topological polar surface area (TPSA) is 0 Å². The van der Waals surface area contributed by atoms with Crippen LogP contribution in [0.4, 0.5) is 30.7 Å². The van der Waals surface area contributed by atoms with Crippen LogP contribution in [-0.4, -0.2) is 0 Å². The monoisotopic (exact) mass is 476 g/mol. The van der Waals surface area contributed by atoms with Crippen LogP contribution in [-0.2, 0) is 12.6 Å². The molecule has 0 radical (unpaired) electrons. The van der Waals surface area contributed by atoms with Crippen LogP contribution in [0.1, 0.15) is 30.9 Å². The minimum atomic E-state index is -5.18. The van der Waals surface area contributed by atoms with Crippen molar-refractivity contribution >= 4 is 10.8 Å². The Morgan fingerprint density at radius 2 is 1.21 bits per heavy atom. The maximum Gasteiger partial charge on any atom is 0.422 e. The van der Waals surface area contributed by atoms with Crippen LogP contribution in [0.2, 0.25) is 0 Å². The molecule has 0 aliphatic rings. The van der Waals surface area contributed by atoms with Crippen LogP contribution in [0.15, 0.2) is 60.7 Å². The van der Waals surface area contributed by atoms with Crippen molar-refractivity contribution in [2.75, 3.05) is 0 Å². The summed E-state index contributed by atoms with van der Waals surface area (Å²) in [7, 11) is 0. The lowest BCUT2D eigenvalue weighted by Crippen LogP contribution is -2.11. The first kappa shape index (κ1) is 23.8. The number of rotatable bonds is 5.